The normalized spacial score (nSPS) is 10.4. The number of para-hydroxylation sites is 1. The van der Waals surface area contributed by atoms with Gasteiger partial charge in [-0.05, 0) is 36.4 Å². The van der Waals surface area contributed by atoms with Gasteiger partial charge in [0.2, 0.25) is 0 Å². The van der Waals surface area contributed by atoms with Gasteiger partial charge >= 0.3 is 12.6 Å². The van der Waals surface area contributed by atoms with E-state index in [-0.39, 0.29) is 16.9 Å². The molecule has 0 atom stereocenters. The highest BCUT2D eigenvalue weighted by atomic mass is 19.3. The molecule has 5 nitrogen and oxygen atoms in total. The Morgan fingerprint density at radius 3 is 2.25 bits per heavy atom. The van der Waals surface area contributed by atoms with Crippen LogP contribution in [0.2, 0.25) is 0 Å². The maximum absolute atomic E-state index is 12.5. The number of halogens is 2. The molecule has 1 amide bonds. The van der Waals surface area contributed by atoms with Crippen LogP contribution in [0.3, 0.4) is 0 Å². The van der Waals surface area contributed by atoms with Crippen LogP contribution in [0.25, 0.3) is 0 Å². The van der Waals surface area contributed by atoms with Crippen molar-refractivity contribution in [3.8, 4) is 5.75 Å². The van der Waals surface area contributed by atoms with Crippen LogP contribution < -0.4 is 9.64 Å². The first-order valence-electron chi connectivity index (χ1n) is 6.94. The molecule has 0 N–H and O–H groups in total. The number of nitrogens with zero attached hydrogens (tertiary/aromatic N) is 1. The van der Waals surface area contributed by atoms with Crippen molar-refractivity contribution >= 4 is 17.6 Å². The summed E-state index contributed by atoms with van der Waals surface area (Å²) in [4.78, 5) is 25.6. The van der Waals surface area contributed by atoms with Crippen LogP contribution >= 0.6 is 0 Å². The van der Waals surface area contributed by atoms with Crippen LogP contribution in [0.15, 0.2) is 48.5 Å². The van der Waals surface area contributed by atoms with Crippen molar-refractivity contribution in [2.45, 2.75) is 6.61 Å². The zero-order valence-electron chi connectivity index (χ0n) is 13.0. The Bertz CT molecular complexity index is 732. The van der Waals surface area contributed by atoms with Crippen LogP contribution in [-0.4, -0.2) is 32.6 Å². The highest BCUT2D eigenvalue weighted by Crippen LogP contribution is 2.23. The van der Waals surface area contributed by atoms with E-state index in [4.69, 9.17) is 4.74 Å². The van der Waals surface area contributed by atoms with E-state index in [1.54, 1.807) is 24.3 Å². The van der Waals surface area contributed by atoms with Gasteiger partial charge in [-0.1, -0.05) is 12.1 Å². The van der Waals surface area contributed by atoms with Crippen molar-refractivity contribution in [2.75, 3.05) is 19.1 Å². The van der Waals surface area contributed by atoms with E-state index in [0.717, 1.165) is 0 Å². The van der Waals surface area contributed by atoms with E-state index in [1.807, 2.05) is 0 Å². The molecule has 0 spiro atoms. The van der Waals surface area contributed by atoms with Gasteiger partial charge in [0.15, 0.2) is 0 Å². The van der Waals surface area contributed by atoms with Gasteiger partial charge in [0.1, 0.15) is 5.75 Å². The number of benzene rings is 2. The van der Waals surface area contributed by atoms with Gasteiger partial charge < -0.3 is 14.4 Å². The summed E-state index contributed by atoms with van der Waals surface area (Å²) in [6.07, 6.45) is 0. The molecule has 0 bridgehead atoms. The molecule has 0 fully saturated rings. The summed E-state index contributed by atoms with van der Waals surface area (Å²) >= 11 is 0. The fraction of sp³-hybridized carbons (Fsp3) is 0.176. The first-order chi connectivity index (χ1) is 11.4. The maximum Gasteiger partial charge on any atom is 0.387 e. The number of rotatable bonds is 5. The number of esters is 1. The van der Waals surface area contributed by atoms with Crippen molar-refractivity contribution in [1.82, 2.24) is 0 Å². The van der Waals surface area contributed by atoms with Gasteiger partial charge in [-0.3, -0.25) is 4.79 Å². The van der Waals surface area contributed by atoms with Gasteiger partial charge in [0, 0.05) is 12.6 Å². The average molecular weight is 335 g/mol. The van der Waals surface area contributed by atoms with Crippen LogP contribution in [0.1, 0.15) is 20.7 Å². The Morgan fingerprint density at radius 1 is 1.04 bits per heavy atom. The van der Waals surface area contributed by atoms with Gasteiger partial charge in [0.05, 0.1) is 18.4 Å². The topological polar surface area (TPSA) is 55.8 Å². The summed E-state index contributed by atoms with van der Waals surface area (Å²) in [7, 11) is 2.76. The van der Waals surface area contributed by atoms with Crippen molar-refractivity contribution in [3.63, 3.8) is 0 Å². The standard InChI is InChI=1S/C17H15F2NO4/c1-20(14-6-4-3-5-13(14)16(22)23-2)15(21)11-7-9-12(10-8-11)24-17(18)19/h3-10,17H,1-2H3. The monoisotopic (exact) mass is 335 g/mol. The highest BCUT2D eigenvalue weighted by Gasteiger charge is 2.20. The second kappa shape index (κ2) is 7.54. The fourth-order valence-corrected chi connectivity index (χ4v) is 2.13. The van der Waals surface area contributed by atoms with E-state index in [0.29, 0.717) is 5.69 Å². The fourth-order valence-electron chi connectivity index (χ4n) is 2.13. The lowest BCUT2D eigenvalue weighted by Crippen LogP contribution is -2.28. The molecule has 0 unspecified atom stereocenters. The minimum atomic E-state index is -2.93. The molecule has 126 valence electrons. The molecule has 0 radical (unpaired) electrons. The zero-order valence-corrected chi connectivity index (χ0v) is 13.0. The summed E-state index contributed by atoms with van der Waals surface area (Å²) < 4.78 is 33.2. The van der Waals surface area contributed by atoms with Crippen molar-refractivity contribution in [2.24, 2.45) is 0 Å². The van der Waals surface area contributed by atoms with Crippen molar-refractivity contribution in [3.05, 3.63) is 59.7 Å². The Kier molecular flexibility index (Phi) is 5.47. The summed E-state index contributed by atoms with van der Waals surface area (Å²) in [5.74, 6) is -1.01. The minimum Gasteiger partial charge on any atom is -0.465 e. The number of hydrogen-bond acceptors (Lipinski definition) is 4. The summed E-state index contributed by atoms with van der Waals surface area (Å²) in [6.45, 7) is -2.93. The predicted octanol–water partition coefficient (Wildman–Crippen LogP) is 3.35. The van der Waals surface area contributed by atoms with Crippen molar-refractivity contribution < 1.29 is 27.8 Å². The molecule has 2 rings (SSSR count). The minimum absolute atomic E-state index is 0.0424. The van der Waals surface area contributed by atoms with Crippen LogP contribution in [0.5, 0.6) is 5.75 Å². The first kappa shape index (κ1) is 17.4. The second-order valence-corrected chi connectivity index (χ2v) is 4.78. The SMILES string of the molecule is COC(=O)c1ccccc1N(C)C(=O)c1ccc(OC(F)F)cc1. The van der Waals surface area contributed by atoms with Crippen LogP contribution in [-0.2, 0) is 4.74 Å². The third-order valence-electron chi connectivity index (χ3n) is 3.30. The van der Waals surface area contributed by atoms with E-state index < -0.39 is 18.5 Å². The van der Waals surface area contributed by atoms with Crippen LogP contribution in [0.4, 0.5) is 14.5 Å². The Morgan fingerprint density at radius 2 is 1.67 bits per heavy atom. The number of carbonyl (C=O) groups is 2. The number of anilines is 1. The number of hydrogen-bond donors (Lipinski definition) is 0. The molecule has 2 aromatic carbocycles. The molecule has 24 heavy (non-hydrogen) atoms. The quantitative estimate of drug-likeness (QED) is 0.786. The van der Waals surface area contributed by atoms with Gasteiger partial charge in [0.25, 0.3) is 5.91 Å². The van der Waals surface area contributed by atoms with E-state index in [2.05, 4.69) is 4.74 Å². The van der Waals surface area contributed by atoms with Gasteiger partial charge in [-0.15, -0.1) is 0 Å². The molecule has 0 aliphatic heterocycles. The predicted molar refractivity (Wildman–Crippen MR) is 83.6 cm³/mol. The van der Waals surface area contributed by atoms with E-state index in [9.17, 15) is 18.4 Å². The van der Waals surface area contributed by atoms with Crippen molar-refractivity contribution in [1.29, 1.82) is 0 Å². The molecule has 0 aliphatic rings. The number of methoxy groups -OCH3 is 1. The molecule has 0 saturated carbocycles. The second-order valence-electron chi connectivity index (χ2n) is 4.78. The molecular weight excluding hydrogens is 320 g/mol. The molecule has 0 saturated heterocycles. The summed E-state index contributed by atoms with van der Waals surface area (Å²) in [5.41, 5.74) is 0.884. The summed E-state index contributed by atoms with van der Waals surface area (Å²) in [5, 5.41) is 0. The van der Waals surface area contributed by atoms with Gasteiger partial charge in [-0.2, -0.15) is 8.78 Å². The lowest BCUT2D eigenvalue weighted by molar-refractivity contribution is -0.0498. The maximum atomic E-state index is 12.5. The Labute approximate surface area is 137 Å². The average Bonchev–Trinajstić information content (AvgIpc) is 2.60. The summed E-state index contributed by atoms with van der Waals surface area (Å²) in [6, 6.07) is 11.8. The third-order valence-corrected chi connectivity index (χ3v) is 3.30. The lowest BCUT2D eigenvalue weighted by Gasteiger charge is -2.20. The molecule has 0 heterocycles. The molecule has 2 aromatic rings. The Balaban J connectivity index is 2.25. The molecule has 0 aliphatic carbocycles. The number of ether oxygens (including phenoxy) is 2. The highest BCUT2D eigenvalue weighted by molar-refractivity contribution is 6.09. The van der Waals surface area contributed by atoms with Crippen LogP contribution in [0, 0.1) is 0 Å². The first-order valence-corrected chi connectivity index (χ1v) is 6.94. The number of amides is 1. The molecular formula is C17H15F2NO4. The number of carbonyl (C=O) groups excluding carboxylic acids is 2. The lowest BCUT2D eigenvalue weighted by atomic mass is 10.1. The smallest absolute Gasteiger partial charge is 0.387 e. The third kappa shape index (κ3) is 3.87. The number of alkyl halides is 2. The zero-order chi connectivity index (χ0) is 17.7. The van der Waals surface area contributed by atoms with Gasteiger partial charge in [-0.25, -0.2) is 4.79 Å². The van der Waals surface area contributed by atoms with E-state index >= 15 is 0 Å². The molecule has 7 heteroatoms. The van der Waals surface area contributed by atoms with E-state index in [1.165, 1.54) is 43.3 Å². The largest absolute Gasteiger partial charge is 0.465 e. The Hall–Kier alpha value is -2.96. The molecule has 0 aromatic heterocycles.